The summed E-state index contributed by atoms with van der Waals surface area (Å²) in [7, 11) is 1.73. The molecule has 28 heavy (non-hydrogen) atoms. The number of hydrogen-bond acceptors (Lipinski definition) is 3. The minimum Gasteiger partial charge on any atom is -0.356 e. The summed E-state index contributed by atoms with van der Waals surface area (Å²) in [6.45, 7) is 5.29. The maximum absolute atomic E-state index is 6.37. The van der Waals surface area contributed by atoms with Crippen LogP contribution in [0.2, 0.25) is 10.0 Å². The summed E-state index contributed by atoms with van der Waals surface area (Å²) in [4.78, 5) is 4.28. The number of guanidine groups is 1. The van der Waals surface area contributed by atoms with Gasteiger partial charge in [-0.3, -0.25) is 9.39 Å². The SMILES string of the molecule is CN=C(NCc1nnc2ccccn12)NCC(C)(C)c1c(Cl)cccc1Cl.I. The Kier molecular flexibility index (Phi) is 7.91. The number of nitrogens with zero attached hydrogens (tertiary/aromatic N) is 4. The van der Waals surface area contributed by atoms with E-state index in [1.165, 1.54) is 0 Å². The summed E-state index contributed by atoms with van der Waals surface area (Å²) >= 11 is 12.7. The highest BCUT2D eigenvalue weighted by molar-refractivity contribution is 14.0. The van der Waals surface area contributed by atoms with Gasteiger partial charge in [0.15, 0.2) is 17.4 Å². The first-order valence-corrected chi connectivity index (χ1v) is 9.35. The van der Waals surface area contributed by atoms with Gasteiger partial charge in [-0.15, -0.1) is 34.2 Å². The Balaban J connectivity index is 0.00000280. The molecule has 2 aromatic heterocycles. The van der Waals surface area contributed by atoms with E-state index in [1.807, 2.05) is 47.0 Å². The molecule has 2 heterocycles. The zero-order chi connectivity index (χ0) is 19.4. The summed E-state index contributed by atoms with van der Waals surface area (Å²) in [5.74, 6) is 1.47. The normalized spacial score (nSPS) is 12.0. The van der Waals surface area contributed by atoms with Gasteiger partial charge in [-0.2, -0.15) is 0 Å². The highest BCUT2D eigenvalue weighted by Gasteiger charge is 2.26. The van der Waals surface area contributed by atoms with Crippen LogP contribution in [0, 0.1) is 0 Å². The van der Waals surface area contributed by atoms with Crippen LogP contribution >= 0.6 is 47.2 Å². The maximum atomic E-state index is 6.37. The maximum Gasteiger partial charge on any atom is 0.191 e. The molecule has 3 aromatic rings. The fraction of sp³-hybridized carbons (Fsp3) is 0.316. The number of nitrogens with one attached hydrogen (secondary N) is 2. The molecule has 0 amide bonds. The van der Waals surface area contributed by atoms with E-state index in [9.17, 15) is 0 Å². The molecule has 0 atom stereocenters. The molecule has 0 saturated carbocycles. The molecule has 3 rings (SSSR count). The Bertz CT molecular complexity index is 950. The lowest BCUT2D eigenvalue weighted by molar-refractivity contribution is 0.508. The van der Waals surface area contributed by atoms with Crippen LogP contribution in [0.1, 0.15) is 25.2 Å². The number of halogens is 3. The van der Waals surface area contributed by atoms with E-state index in [0.717, 1.165) is 17.0 Å². The van der Waals surface area contributed by atoms with Crippen molar-refractivity contribution in [2.75, 3.05) is 13.6 Å². The predicted molar refractivity (Wildman–Crippen MR) is 126 cm³/mol. The second-order valence-corrected chi connectivity index (χ2v) is 7.62. The summed E-state index contributed by atoms with van der Waals surface area (Å²) < 4.78 is 1.94. The van der Waals surface area contributed by atoms with Crippen molar-refractivity contribution in [1.29, 1.82) is 0 Å². The van der Waals surface area contributed by atoms with Crippen molar-refractivity contribution in [2.45, 2.75) is 25.8 Å². The van der Waals surface area contributed by atoms with Gasteiger partial charge in [0, 0.05) is 35.2 Å². The van der Waals surface area contributed by atoms with Gasteiger partial charge in [-0.25, -0.2) is 0 Å². The summed E-state index contributed by atoms with van der Waals surface area (Å²) in [6.07, 6.45) is 1.94. The number of fused-ring (bicyclic) bond motifs is 1. The van der Waals surface area contributed by atoms with Crippen LogP contribution in [0.4, 0.5) is 0 Å². The quantitative estimate of drug-likeness (QED) is 0.292. The second-order valence-electron chi connectivity index (χ2n) is 6.80. The minimum absolute atomic E-state index is 0. The number of aliphatic imine (C=N–C) groups is 1. The lowest BCUT2D eigenvalue weighted by Crippen LogP contribution is -2.43. The largest absolute Gasteiger partial charge is 0.356 e. The molecular formula is C19H23Cl2IN6. The Morgan fingerprint density at radius 2 is 1.79 bits per heavy atom. The van der Waals surface area contributed by atoms with E-state index in [2.05, 4.69) is 39.7 Å². The zero-order valence-corrected chi connectivity index (χ0v) is 19.8. The van der Waals surface area contributed by atoms with Gasteiger partial charge in [0.2, 0.25) is 0 Å². The van der Waals surface area contributed by atoms with Crippen molar-refractivity contribution >= 4 is 58.8 Å². The van der Waals surface area contributed by atoms with Gasteiger partial charge < -0.3 is 10.6 Å². The molecule has 0 bridgehead atoms. The first kappa shape index (κ1) is 22.7. The van der Waals surface area contributed by atoms with Crippen molar-refractivity contribution < 1.29 is 0 Å². The molecule has 0 spiro atoms. The summed E-state index contributed by atoms with van der Waals surface area (Å²) in [5, 5.41) is 16.3. The molecule has 1 aromatic carbocycles. The summed E-state index contributed by atoms with van der Waals surface area (Å²) in [6, 6.07) is 11.4. The summed E-state index contributed by atoms with van der Waals surface area (Å²) in [5.41, 5.74) is 1.45. The highest BCUT2D eigenvalue weighted by atomic mass is 127. The van der Waals surface area contributed by atoms with Gasteiger partial charge in [0.1, 0.15) is 0 Å². The van der Waals surface area contributed by atoms with E-state index in [4.69, 9.17) is 23.2 Å². The third-order valence-electron chi connectivity index (χ3n) is 4.36. The Morgan fingerprint density at radius 1 is 1.07 bits per heavy atom. The van der Waals surface area contributed by atoms with Crippen molar-refractivity contribution in [2.24, 2.45) is 4.99 Å². The molecule has 0 aliphatic rings. The molecular weight excluding hydrogens is 510 g/mol. The van der Waals surface area contributed by atoms with E-state index in [0.29, 0.717) is 29.1 Å². The second kappa shape index (κ2) is 9.76. The van der Waals surface area contributed by atoms with Crippen LogP contribution in [0.3, 0.4) is 0 Å². The van der Waals surface area contributed by atoms with Gasteiger partial charge in [-0.05, 0) is 29.8 Å². The minimum atomic E-state index is -0.283. The molecule has 2 N–H and O–H groups in total. The molecule has 0 radical (unpaired) electrons. The third kappa shape index (κ3) is 5.07. The van der Waals surface area contributed by atoms with Gasteiger partial charge in [0.25, 0.3) is 0 Å². The van der Waals surface area contributed by atoms with Crippen molar-refractivity contribution in [3.05, 3.63) is 64.0 Å². The fourth-order valence-electron chi connectivity index (χ4n) is 2.93. The van der Waals surface area contributed by atoms with Crippen LogP contribution < -0.4 is 10.6 Å². The molecule has 0 aliphatic carbocycles. The Hall–Kier alpha value is -1.58. The number of pyridine rings is 1. The molecule has 0 aliphatic heterocycles. The van der Waals surface area contributed by atoms with Gasteiger partial charge in [-0.1, -0.05) is 49.2 Å². The van der Waals surface area contributed by atoms with E-state index < -0.39 is 0 Å². The lowest BCUT2D eigenvalue weighted by Gasteiger charge is -2.28. The van der Waals surface area contributed by atoms with Crippen molar-refractivity contribution in [1.82, 2.24) is 25.2 Å². The highest BCUT2D eigenvalue weighted by Crippen LogP contribution is 2.35. The Labute approximate surface area is 191 Å². The monoisotopic (exact) mass is 532 g/mol. The average Bonchev–Trinajstić information content (AvgIpc) is 3.05. The lowest BCUT2D eigenvalue weighted by atomic mass is 9.84. The van der Waals surface area contributed by atoms with Crippen molar-refractivity contribution in [3.63, 3.8) is 0 Å². The van der Waals surface area contributed by atoms with Crippen LogP contribution in [0.25, 0.3) is 5.65 Å². The average molecular weight is 533 g/mol. The topological polar surface area (TPSA) is 66.6 Å². The van der Waals surface area contributed by atoms with Crippen LogP contribution in [0.5, 0.6) is 0 Å². The smallest absolute Gasteiger partial charge is 0.191 e. The Morgan fingerprint density at radius 3 is 2.46 bits per heavy atom. The van der Waals surface area contributed by atoms with Crippen molar-refractivity contribution in [3.8, 4) is 0 Å². The van der Waals surface area contributed by atoms with E-state index in [1.54, 1.807) is 7.05 Å². The van der Waals surface area contributed by atoms with E-state index >= 15 is 0 Å². The first-order valence-electron chi connectivity index (χ1n) is 8.60. The van der Waals surface area contributed by atoms with Crippen LogP contribution in [-0.4, -0.2) is 34.2 Å². The number of hydrogen-bond donors (Lipinski definition) is 2. The van der Waals surface area contributed by atoms with Gasteiger partial charge >= 0.3 is 0 Å². The number of aromatic nitrogens is 3. The molecule has 0 fully saturated rings. The van der Waals surface area contributed by atoms with Gasteiger partial charge in [0.05, 0.1) is 6.54 Å². The standard InChI is InChI=1S/C19H22Cl2N6.HI/c1-19(2,17-13(20)7-6-8-14(17)21)12-24-18(22-3)23-11-16-26-25-15-9-4-5-10-27(15)16;/h4-10H,11-12H2,1-3H3,(H2,22,23,24);1H. The molecule has 0 unspecified atom stereocenters. The molecule has 6 nitrogen and oxygen atoms in total. The van der Waals surface area contributed by atoms with Crippen LogP contribution in [0.15, 0.2) is 47.6 Å². The third-order valence-corrected chi connectivity index (χ3v) is 4.99. The number of rotatable bonds is 5. The predicted octanol–water partition coefficient (Wildman–Crippen LogP) is 4.30. The zero-order valence-electron chi connectivity index (χ0n) is 15.9. The van der Waals surface area contributed by atoms with Crippen LogP contribution in [-0.2, 0) is 12.0 Å². The molecule has 0 saturated heterocycles. The molecule has 150 valence electrons. The first-order chi connectivity index (χ1) is 12.9. The number of benzene rings is 1. The molecule has 9 heteroatoms. The van der Waals surface area contributed by atoms with E-state index in [-0.39, 0.29) is 29.4 Å². The fourth-order valence-corrected chi connectivity index (χ4v) is 3.84.